The van der Waals surface area contributed by atoms with Gasteiger partial charge in [-0.05, 0) is 18.3 Å². The van der Waals surface area contributed by atoms with E-state index in [-0.39, 0.29) is 24.8 Å². The van der Waals surface area contributed by atoms with Crippen molar-refractivity contribution in [2.45, 2.75) is 39.8 Å². The van der Waals surface area contributed by atoms with E-state index in [0.29, 0.717) is 0 Å². The Morgan fingerprint density at radius 3 is 2.20 bits per heavy atom. The number of hydrogen-bond acceptors (Lipinski definition) is 2. The maximum absolute atomic E-state index is 13.0. The summed E-state index contributed by atoms with van der Waals surface area (Å²) in [6, 6.07) is 0. The third-order valence-corrected chi connectivity index (χ3v) is 4.21. The molecule has 1 aliphatic heterocycles. The molecule has 2 atom stereocenters. The van der Waals surface area contributed by atoms with Crippen molar-refractivity contribution in [1.29, 1.82) is 0 Å². The summed E-state index contributed by atoms with van der Waals surface area (Å²) in [5, 5.41) is 8.91. The van der Waals surface area contributed by atoms with Gasteiger partial charge in [0, 0.05) is 19.5 Å². The highest BCUT2D eigenvalue weighted by atomic mass is 19.4. The number of halogens is 3. The second-order valence-electron chi connectivity index (χ2n) is 5.88. The normalized spacial score (nSPS) is 25.1. The Labute approximate surface area is 115 Å². The third kappa shape index (κ3) is 3.07. The Hall–Kier alpha value is -1.27. The Kier molecular flexibility index (Phi) is 4.71. The lowest BCUT2D eigenvalue weighted by atomic mass is 9.86. The molecular weight excluding hydrogens is 275 g/mol. The first-order valence-electron chi connectivity index (χ1n) is 6.59. The minimum Gasteiger partial charge on any atom is -0.481 e. The molecule has 2 unspecified atom stereocenters. The van der Waals surface area contributed by atoms with Gasteiger partial charge in [-0.25, -0.2) is 0 Å². The van der Waals surface area contributed by atoms with Crippen LogP contribution in [0.4, 0.5) is 13.2 Å². The van der Waals surface area contributed by atoms with Gasteiger partial charge < -0.3 is 10.0 Å². The number of likely N-dealkylation sites (tertiary alicyclic amines) is 1. The van der Waals surface area contributed by atoms with Gasteiger partial charge in [-0.2, -0.15) is 13.2 Å². The van der Waals surface area contributed by atoms with E-state index in [2.05, 4.69) is 0 Å². The van der Waals surface area contributed by atoms with Crippen LogP contribution in [0, 0.1) is 17.3 Å². The maximum atomic E-state index is 13.0. The van der Waals surface area contributed by atoms with Crippen molar-refractivity contribution < 1.29 is 27.9 Å². The van der Waals surface area contributed by atoms with E-state index < -0.39 is 36.4 Å². The molecule has 0 bridgehead atoms. The molecule has 4 nitrogen and oxygen atoms in total. The molecule has 0 aromatic heterocycles. The number of aliphatic carboxylic acids is 1. The van der Waals surface area contributed by atoms with Gasteiger partial charge in [0.05, 0.1) is 0 Å². The summed E-state index contributed by atoms with van der Waals surface area (Å²) in [5.74, 6) is -2.02. The van der Waals surface area contributed by atoms with Gasteiger partial charge in [0.25, 0.3) is 0 Å². The monoisotopic (exact) mass is 295 g/mol. The van der Waals surface area contributed by atoms with Crippen molar-refractivity contribution in [1.82, 2.24) is 4.90 Å². The van der Waals surface area contributed by atoms with Crippen LogP contribution >= 0.6 is 0 Å². The second kappa shape index (κ2) is 5.61. The van der Waals surface area contributed by atoms with Gasteiger partial charge in [-0.15, -0.1) is 0 Å². The first-order chi connectivity index (χ1) is 9.01. The minimum absolute atomic E-state index is 0.0493. The third-order valence-electron chi connectivity index (χ3n) is 4.21. The van der Waals surface area contributed by atoms with E-state index in [4.69, 9.17) is 5.11 Å². The highest BCUT2D eigenvalue weighted by Gasteiger charge is 2.64. The zero-order valence-electron chi connectivity index (χ0n) is 11.8. The van der Waals surface area contributed by atoms with E-state index in [9.17, 15) is 22.8 Å². The topological polar surface area (TPSA) is 57.6 Å². The van der Waals surface area contributed by atoms with Crippen molar-refractivity contribution in [3.8, 4) is 0 Å². The molecule has 1 N–H and O–H groups in total. The smallest absolute Gasteiger partial charge is 0.406 e. The van der Waals surface area contributed by atoms with Crippen LogP contribution in [0.5, 0.6) is 0 Å². The van der Waals surface area contributed by atoms with Gasteiger partial charge in [0.1, 0.15) is 0 Å². The van der Waals surface area contributed by atoms with Crippen molar-refractivity contribution in [3.63, 3.8) is 0 Å². The van der Waals surface area contributed by atoms with Gasteiger partial charge in [-0.3, -0.25) is 9.59 Å². The summed E-state index contributed by atoms with van der Waals surface area (Å²) in [6.45, 7) is 4.77. The largest absolute Gasteiger partial charge is 0.481 e. The summed E-state index contributed by atoms with van der Waals surface area (Å²) >= 11 is 0. The number of alkyl halides is 3. The second-order valence-corrected chi connectivity index (χ2v) is 5.88. The molecule has 1 rings (SSSR count). The van der Waals surface area contributed by atoms with Crippen LogP contribution in [0.25, 0.3) is 0 Å². The summed E-state index contributed by atoms with van der Waals surface area (Å²) in [6.07, 6.45) is -5.28. The molecule has 1 fully saturated rings. The summed E-state index contributed by atoms with van der Waals surface area (Å²) < 4.78 is 38.9. The van der Waals surface area contributed by atoms with Crippen molar-refractivity contribution in [2.75, 3.05) is 13.1 Å². The molecule has 1 heterocycles. The average Bonchev–Trinajstić information content (AvgIpc) is 2.73. The van der Waals surface area contributed by atoms with Crippen molar-refractivity contribution in [2.24, 2.45) is 17.3 Å². The molecule has 0 saturated carbocycles. The lowest BCUT2D eigenvalue weighted by Gasteiger charge is -2.27. The SMILES string of the molecule is CC(C)C(C)CC(=O)N1CCC(C(=O)O)(C(F)(F)F)C1. The number of carbonyl (C=O) groups excluding carboxylic acids is 1. The van der Waals surface area contributed by atoms with Crippen molar-refractivity contribution in [3.05, 3.63) is 0 Å². The Bertz CT molecular complexity index is 395. The molecule has 1 amide bonds. The van der Waals surface area contributed by atoms with Crippen LogP contribution < -0.4 is 0 Å². The van der Waals surface area contributed by atoms with E-state index in [0.717, 1.165) is 4.90 Å². The lowest BCUT2D eigenvalue weighted by molar-refractivity contribution is -0.227. The molecule has 0 radical (unpaired) electrons. The van der Waals surface area contributed by atoms with E-state index >= 15 is 0 Å². The predicted octanol–water partition coefficient (Wildman–Crippen LogP) is 2.53. The predicted molar refractivity (Wildman–Crippen MR) is 65.9 cm³/mol. The molecular formula is C13H20F3NO3. The number of amides is 1. The highest BCUT2D eigenvalue weighted by Crippen LogP contribution is 2.45. The zero-order chi connectivity index (χ0) is 15.7. The first-order valence-corrected chi connectivity index (χ1v) is 6.59. The zero-order valence-corrected chi connectivity index (χ0v) is 11.8. The summed E-state index contributed by atoms with van der Waals surface area (Å²) in [7, 11) is 0. The highest BCUT2D eigenvalue weighted by molar-refractivity contribution is 5.81. The van der Waals surface area contributed by atoms with Crippen LogP contribution in [-0.4, -0.2) is 41.1 Å². The fourth-order valence-corrected chi connectivity index (χ4v) is 2.19. The molecule has 0 aliphatic carbocycles. The number of nitrogens with zero attached hydrogens (tertiary/aromatic N) is 1. The number of hydrogen-bond donors (Lipinski definition) is 1. The fraction of sp³-hybridized carbons (Fsp3) is 0.846. The summed E-state index contributed by atoms with van der Waals surface area (Å²) in [5.41, 5.74) is -2.82. The fourth-order valence-electron chi connectivity index (χ4n) is 2.19. The Morgan fingerprint density at radius 2 is 1.85 bits per heavy atom. The van der Waals surface area contributed by atoms with E-state index in [1.807, 2.05) is 20.8 Å². The van der Waals surface area contributed by atoms with Gasteiger partial charge in [-0.1, -0.05) is 20.8 Å². The number of carboxylic acid groups (broad SMARTS) is 1. The van der Waals surface area contributed by atoms with Crippen LogP contribution in [0.3, 0.4) is 0 Å². The summed E-state index contributed by atoms with van der Waals surface area (Å²) in [4.78, 5) is 24.0. The quantitative estimate of drug-likeness (QED) is 0.867. The average molecular weight is 295 g/mol. The lowest BCUT2D eigenvalue weighted by Crippen LogP contribution is -2.47. The van der Waals surface area contributed by atoms with E-state index in [1.165, 1.54) is 0 Å². The van der Waals surface area contributed by atoms with Gasteiger partial charge in [0.2, 0.25) is 5.91 Å². The molecule has 0 spiro atoms. The van der Waals surface area contributed by atoms with Gasteiger partial charge in [0.15, 0.2) is 5.41 Å². The molecule has 20 heavy (non-hydrogen) atoms. The number of carbonyl (C=O) groups is 2. The number of carboxylic acids is 1. The van der Waals surface area contributed by atoms with Crippen LogP contribution in [0.15, 0.2) is 0 Å². The van der Waals surface area contributed by atoms with Crippen LogP contribution in [0.1, 0.15) is 33.6 Å². The number of rotatable bonds is 4. The molecule has 1 aliphatic rings. The van der Waals surface area contributed by atoms with Crippen LogP contribution in [-0.2, 0) is 9.59 Å². The Morgan fingerprint density at radius 1 is 1.30 bits per heavy atom. The maximum Gasteiger partial charge on any atom is 0.406 e. The minimum atomic E-state index is -4.85. The van der Waals surface area contributed by atoms with Crippen molar-refractivity contribution >= 4 is 11.9 Å². The molecule has 0 aromatic carbocycles. The first kappa shape index (κ1) is 16.8. The molecule has 0 aromatic rings. The molecule has 1 saturated heterocycles. The molecule has 7 heteroatoms. The van der Waals surface area contributed by atoms with Crippen LogP contribution in [0.2, 0.25) is 0 Å². The van der Waals surface area contributed by atoms with E-state index in [1.54, 1.807) is 0 Å². The van der Waals surface area contributed by atoms with Gasteiger partial charge >= 0.3 is 12.1 Å². The molecule has 116 valence electrons. The Balaban J connectivity index is 2.80. The standard InChI is InChI=1S/C13H20F3NO3/c1-8(2)9(3)6-10(18)17-5-4-12(7-17,11(19)20)13(14,15)16/h8-9H,4-7H2,1-3H3,(H,19,20).